The van der Waals surface area contributed by atoms with Gasteiger partial charge in [-0.05, 0) is 30.5 Å². The molecule has 0 spiro atoms. The number of phenolic OH excluding ortho intramolecular Hbond substituents is 1. The molecule has 0 saturated carbocycles. The van der Waals surface area contributed by atoms with E-state index in [4.69, 9.17) is 5.73 Å². The number of hydrogen-bond acceptors (Lipinski definition) is 4. The summed E-state index contributed by atoms with van der Waals surface area (Å²) in [5.74, 6) is 0.272. The zero-order valence-electron chi connectivity index (χ0n) is 10.8. The fourth-order valence-corrected chi connectivity index (χ4v) is 1.95. The standard InChI is InChI=1S/C13H16N4O2/c1-7-3-9(4-8(2)11(7)18)5-15-13-10(12(14)19)6-16-17-13/h3-4,6,18H,5H2,1-2H3,(H2,14,19)(H2,15,16,17). The lowest BCUT2D eigenvalue weighted by molar-refractivity contribution is 0.100. The summed E-state index contributed by atoms with van der Waals surface area (Å²) in [7, 11) is 0. The fourth-order valence-electron chi connectivity index (χ4n) is 1.95. The molecule has 6 nitrogen and oxygen atoms in total. The van der Waals surface area contributed by atoms with E-state index in [0.717, 1.165) is 16.7 Å². The highest BCUT2D eigenvalue weighted by molar-refractivity contribution is 5.97. The number of nitrogens with zero attached hydrogens (tertiary/aromatic N) is 1. The van der Waals surface area contributed by atoms with Gasteiger partial charge in [0.2, 0.25) is 0 Å². The molecular formula is C13H16N4O2. The molecule has 0 aliphatic heterocycles. The molecule has 0 radical (unpaired) electrons. The molecular weight excluding hydrogens is 244 g/mol. The van der Waals surface area contributed by atoms with Gasteiger partial charge in [-0.2, -0.15) is 5.10 Å². The lowest BCUT2D eigenvalue weighted by Crippen LogP contribution is -2.13. The van der Waals surface area contributed by atoms with Gasteiger partial charge < -0.3 is 16.2 Å². The van der Waals surface area contributed by atoms with Crippen LogP contribution in [-0.2, 0) is 6.54 Å². The average molecular weight is 260 g/mol. The molecule has 0 saturated heterocycles. The summed E-state index contributed by atoms with van der Waals surface area (Å²) >= 11 is 0. The van der Waals surface area contributed by atoms with Crippen LogP contribution in [0.15, 0.2) is 18.3 Å². The number of hydrogen-bond donors (Lipinski definition) is 4. The number of nitrogens with two attached hydrogens (primary N) is 1. The second kappa shape index (κ2) is 5.01. The largest absolute Gasteiger partial charge is 0.507 e. The number of aromatic nitrogens is 2. The number of H-pyrrole nitrogens is 1. The van der Waals surface area contributed by atoms with Crippen molar-refractivity contribution in [1.82, 2.24) is 10.2 Å². The molecule has 0 bridgehead atoms. The molecule has 6 heteroatoms. The summed E-state index contributed by atoms with van der Waals surface area (Å²) in [6.07, 6.45) is 1.39. The third-order valence-corrected chi connectivity index (χ3v) is 2.92. The molecule has 100 valence electrons. The lowest BCUT2D eigenvalue weighted by Gasteiger charge is -2.09. The Balaban J connectivity index is 2.15. The van der Waals surface area contributed by atoms with Gasteiger partial charge in [0.25, 0.3) is 5.91 Å². The van der Waals surface area contributed by atoms with Crippen molar-refractivity contribution in [3.8, 4) is 5.75 Å². The third-order valence-electron chi connectivity index (χ3n) is 2.92. The number of primary amides is 1. The Morgan fingerprint density at radius 2 is 2.05 bits per heavy atom. The van der Waals surface area contributed by atoms with Gasteiger partial charge in [0.15, 0.2) is 0 Å². The topological polar surface area (TPSA) is 104 Å². The summed E-state index contributed by atoms with van der Waals surface area (Å²) < 4.78 is 0. The Morgan fingerprint density at radius 3 is 2.63 bits per heavy atom. The van der Waals surface area contributed by atoms with Gasteiger partial charge in [-0.3, -0.25) is 9.89 Å². The van der Waals surface area contributed by atoms with Gasteiger partial charge in [-0.1, -0.05) is 12.1 Å². The van der Waals surface area contributed by atoms with Crippen LogP contribution in [0.1, 0.15) is 27.0 Å². The van der Waals surface area contributed by atoms with Crippen molar-refractivity contribution >= 4 is 11.7 Å². The number of benzene rings is 1. The fraction of sp³-hybridized carbons (Fsp3) is 0.231. The van der Waals surface area contributed by atoms with Crippen LogP contribution in [-0.4, -0.2) is 21.2 Å². The van der Waals surface area contributed by atoms with Crippen LogP contribution >= 0.6 is 0 Å². The number of nitrogens with one attached hydrogen (secondary N) is 2. The van der Waals surface area contributed by atoms with Crippen molar-refractivity contribution in [2.75, 3.05) is 5.32 Å². The number of carbonyl (C=O) groups excluding carboxylic acids is 1. The third kappa shape index (κ3) is 2.67. The summed E-state index contributed by atoms with van der Waals surface area (Å²) in [5, 5.41) is 19.2. The maximum atomic E-state index is 11.1. The minimum Gasteiger partial charge on any atom is -0.507 e. The molecule has 0 unspecified atom stereocenters. The second-order valence-electron chi connectivity index (χ2n) is 4.45. The monoisotopic (exact) mass is 260 g/mol. The summed E-state index contributed by atoms with van der Waals surface area (Å²) in [6.45, 7) is 4.19. The SMILES string of the molecule is Cc1cc(CNc2[nH]ncc2C(N)=O)cc(C)c1O. The van der Waals surface area contributed by atoms with Crippen LogP contribution in [0.5, 0.6) is 5.75 Å². The first-order valence-electron chi connectivity index (χ1n) is 5.85. The number of carbonyl (C=O) groups is 1. The minimum absolute atomic E-state index is 0.308. The van der Waals surface area contributed by atoms with Crippen LogP contribution < -0.4 is 11.1 Å². The van der Waals surface area contributed by atoms with Crippen LogP contribution in [0.3, 0.4) is 0 Å². The molecule has 19 heavy (non-hydrogen) atoms. The summed E-state index contributed by atoms with van der Waals surface area (Å²) in [6, 6.07) is 3.77. The molecule has 2 rings (SSSR count). The number of anilines is 1. The van der Waals surface area contributed by atoms with E-state index in [2.05, 4.69) is 15.5 Å². The molecule has 1 heterocycles. The van der Waals surface area contributed by atoms with Crippen LogP contribution in [0.4, 0.5) is 5.82 Å². The molecule has 1 aromatic carbocycles. The number of phenols is 1. The van der Waals surface area contributed by atoms with Crippen molar-refractivity contribution in [2.45, 2.75) is 20.4 Å². The van der Waals surface area contributed by atoms with Crippen molar-refractivity contribution in [1.29, 1.82) is 0 Å². The Labute approximate surface area is 110 Å². The predicted octanol–water partition coefficient (Wildman–Crippen LogP) is 1.44. The lowest BCUT2D eigenvalue weighted by atomic mass is 10.1. The molecule has 1 aromatic heterocycles. The highest BCUT2D eigenvalue weighted by Crippen LogP contribution is 2.23. The second-order valence-corrected chi connectivity index (χ2v) is 4.45. The first kappa shape index (κ1) is 12.9. The van der Waals surface area contributed by atoms with Crippen LogP contribution in [0.25, 0.3) is 0 Å². The van der Waals surface area contributed by atoms with Crippen molar-refractivity contribution in [2.24, 2.45) is 5.73 Å². The number of aromatic amines is 1. The van der Waals surface area contributed by atoms with E-state index in [-0.39, 0.29) is 0 Å². The van der Waals surface area contributed by atoms with Crippen LogP contribution in [0, 0.1) is 13.8 Å². The highest BCUT2D eigenvalue weighted by Gasteiger charge is 2.10. The quantitative estimate of drug-likeness (QED) is 0.667. The minimum atomic E-state index is -0.533. The van der Waals surface area contributed by atoms with Gasteiger partial charge in [-0.15, -0.1) is 0 Å². The number of aryl methyl sites for hydroxylation is 2. The van der Waals surface area contributed by atoms with Crippen molar-refractivity contribution < 1.29 is 9.90 Å². The zero-order chi connectivity index (χ0) is 14.0. The maximum absolute atomic E-state index is 11.1. The van der Waals surface area contributed by atoms with Gasteiger partial charge in [-0.25, -0.2) is 0 Å². The Bertz CT molecular complexity index is 596. The molecule has 0 atom stereocenters. The molecule has 0 aliphatic rings. The molecule has 0 aliphatic carbocycles. The van der Waals surface area contributed by atoms with E-state index in [1.54, 1.807) is 0 Å². The van der Waals surface area contributed by atoms with Gasteiger partial charge in [0.05, 0.1) is 6.20 Å². The molecule has 1 amide bonds. The Kier molecular flexibility index (Phi) is 3.41. The van der Waals surface area contributed by atoms with Crippen LogP contribution in [0.2, 0.25) is 0 Å². The first-order valence-corrected chi connectivity index (χ1v) is 5.85. The normalized spacial score (nSPS) is 10.4. The van der Waals surface area contributed by atoms with E-state index in [0.29, 0.717) is 23.7 Å². The number of amides is 1. The van der Waals surface area contributed by atoms with Crippen molar-refractivity contribution in [3.05, 3.63) is 40.6 Å². The highest BCUT2D eigenvalue weighted by atomic mass is 16.3. The number of rotatable bonds is 4. The van der Waals surface area contributed by atoms with Gasteiger partial charge >= 0.3 is 0 Å². The molecule has 2 aromatic rings. The maximum Gasteiger partial charge on any atom is 0.254 e. The van der Waals surface area contributed by atoms with E-state index in [1.807, 2.05) is 26.0 Å². The Morgan fingerprint density at radius 1 is 1.42 bits per heavy atom. The van der Waals surface area contributed by atoms with E-state index >= 15 is 0 Å². The van der Waals surface area contributed by atoms with E-state index in [1.165, 1.54) is 6.20 Å². The molecule has 5 N–H and O–H groups in total. The van der Waals surface area contributed by atoms with E-state index < -0.39 is 5.91 Å². The summed E-state index contributed by atoms with van der Waals surface area (Å²) in [4.78, 5) is 11.1. The van der Waals surface area contributed by atoms with Gasteiger partial charge in [0.1, 0.15) is 17.1 Å². The predicted molar refractivity (Wildman–Crippen MR) is 72.0 cm³/mol. The Hall–Kier alpha value is -2.50. The van der Waals surface area contributed by atoms with Gasteiger partial charge in [0, 0.05) is 6.54 Å². The number of aromatic hydroxyl groups is 1. The molecule has 0 fully saturated rings. The zero-order valence-corrected chi connectivity index (χ0v) is 10.8. The van der Waals surface area contributed by atoms with E-state index in [9.17, 15) is 9.90 Å². The first-order chi connectivity index (χ1) is 8.99. The smallest absolute Gasteiger partial charge is 0.254 e. The average Bonchev–Trinajstić information content (AvgIpc) is 2.81. The van der Waals surface area contributed by atoms with Crippen molar-refractivity contribution in [3.63, 3.8) is 0 Å². The summed E-state index contributed by atoms with van der Waals surface area (Å²) in [5.41, 5.74) is 8.18.